The predicted molar refractivity (Wildman–Crippen MR) is 64.7 cm³/mol. The van der Waals surface area contributed by atoms with Gasteiger partial charge in [0.2, 0.25) is 5.82 Å². The number of aromatic nitrogens is 2. The van der Waals surface area contributed by atoms with E-state index in [1.165, 1.54) is 15.7 Å². The lowest BCUT2D eigenvalue weighted by Gasteiger charge is -2.02. The van der Waals surface area contributed by atoms with Crippen LogP contribution in [0.1, 0.15) is 6.92 Å². The lowest BCUT2D eigenvalue weighted by atomic mass is 10.6. The first-order valence-electron chi connectivity index (χ1n) is 5.15. The fourth-order valence-corrected chi connectivity index (χ4v) is 2.16. The fourth-order valence-electron chi connectivity index (χ4n) is 1.45. The lowest BCUT2D eigenvalue weighted by molar-refractivity contribution is -0.389. The summed E-state index contributed by atoms with van der Waals surface area (Å²) in [5.41, 5.74) is 0. The van der Waals surface area contributed by atoms with Crippen molar-refractivity contribution in [1.82, 2.24) is 9.38 Å². The van der Waals surface area contributed by atoms with Crippen LogP contribution >= 0.6 is 11.3 Å². The smallest absolute Gasteiger partial charge is 0.372 e. The van der Waals surface area contributed by atoms with Gasteiger partial charge in [0.25, 0.3) is 4.96 Å². The molecular formula is C9H12N4O3S. The molecule has 0 aliphatic carbocycles. The molecule has 0 amide bonds. The minimum atomic E-state index is -0.435. The van der Waals surface area contributed by atoms with Crippen LogP contribution in [0.5, 0.6) is 0 Å². The zero-order chi connectivity index (χ0) is 12.3. The first-order chi connectivity index (χ1) is 8.24. The van der Waals surface area contributed by atoms with E-state index in [0.717, 1.165) is 0 Å². The summed E-state index contributed by atoms with van der Waals surface area (Å²) in [4.78, 5) is 15.3. The molecule has 7 nitrogen and oxygen atoms in total. The van der Waals surface area contributed by atoms with Crippen LogP contribution < -0.4 is 5.32 Å². The third-order valence-electron chi connectivity index (χ3n) is 2.15. The molecule has 2 aromatic rings. The number of fused-ring (bicyclic) bond motifs is 1. The van der Waals surface area contributed by atoms with Gasteiger partial charge in [0.15, 0.2) is 0 Å². The van der Waals surface area contributed by atoms with Crippen molar-refractivity contribution >= 4 is 27.9 Å². The van der Waals surface area contributed by atoms with Crippen LogP contribution in [0.2, 0.25) is 0 Å². The number of thiazole rings is 1. The number of hydrogen-bond donors (Lipinski definition) is 1. The SMILES string of the molecule is CCOCCNc1nc2sccn2c1[N+](=O)[O-]. The molecule has 17 heavy (non-hydrogen) atoms. The third kappa shape index (κ3) is 2.37. The Balaban J connectivity index is 2.17. The first kappa shape index (κ1) is 11.8. The number of hydrogen-bond acceptors (Lipinski definition) is 6. The van der Waals surface area contributed by atoms with Crippen LogP contribution in [0.3, 0.4) is 0 Å². The number of rotatable bonds is 6. The van der Waals surface area contributed by atoms with Gasteiger partial charge in [-0.3, -0.25) is 0 Å². The maximum Gasteiger partial charge on any atom is 0.372 e. The third-order valence-corrected chi connectivity index (χ3v) is 2.91. The Hall–Kier alpha value is -1.67. The molecule has 0 unspecified atom stereocenters. The second-order valence-corrected chi connectivity index (χ2v) is 4.09. The van der Waals surface area contributed by atoms with E-state index in [9.17, 15) is 10.1 Å². The van der Waals surface area contributed by atoms with Gasteiger partial charge in [0.1, 0.15) is 6.20 Å². The molecule has 0 fully saturated rings. The van der Waals surface area contributed by atoms with Crippen molar-refractivity contribution in [1.29, 1.82) is 0 Å². The number of ether oxygens (including phenoxy) is 1. The van der Waals surface area contributed by atoms with Gasteiger partial charge >= 0.3 is 5.82 Å². The van der Waals surface area contributed by atoms with Crippen molar-refractivity contribution in [3.8, 4) is 0 Å². The minimum Gasteiger partial charge on any atom is -0.380 e. The van der Waals surface area contributed by atoms with Crippen molar-refractivity contribution in [2.24, 2.45) is 0 Å². The summed E-state index contributed by atoms with van der Waals surface area (Å²) >= 11 is 1.36. The van der Waals surface area contributed by atoms with E-state index in [-0.39, 0.29) is 5.82 Å². The Morgan fingerprint density at radius 2 is 2.53 bits per heavy atom. The quantitative estimate of drug-likeness (QED) is 0.483. The molecule has 2 heterocycles. The highest BCUT2D eigenvalue weighted by molar-refractivity contribution is 7.15. The Kier molecular flexibility index (Phi) is 3.55. The van der Waals surface area contributed by atoms with Crippen LogP contribution in [0.25, 0.3) is 4.96 Å². The summed E-state index contributed by atoms with van der Waals surface area (Å²) in [6.45, 7) is 3.52. The molecule has 0 saturated heterocycles. The largest absolute Gasteiger partial charge is 0.380 e. The molecule has 2 aromatic heterocycles. The van der Waals surface area contributed by atoms with E-state index in [1.54, 1.807) is 11.6 Å². The molecule has 0 aliphatic heterocycles. The Bertz CT molecular complexity index is 521. The van der Waals surface area contributed by atoms with Crippen LogP contribution in [-0.4, -0.2) is 34.1 Å². The van der Waals surface area contributed by atoms with Crippen LogP contribution in [-0.2, 0) is 4.74 Å². The van der Waals surface area contributed by atoms with Crippen LogP contribution in [0.4, 0.5) is 11.6 Å². The van der Waals surface area contributed by atoms with Gasteiger partial charge in [-0.1, -0.05) is 11.3 Å². The summed E-state index contributed by atoms with van der Waals surface area (Å²) < 4.78 is 6.61. The van der Waals surface area contributed by atoms with E-state index in [4.69, 9.17) is 4.74 Å². The van der Waals surface area contributed by atoms with Crippen molar-refractivity contribution in [2.45, 2.75) is 6.92 Å². The summed E-state index contributed by atoms with van der Waals surface area (Å²) in [5, 5.41) is 15.6. The fraction of sp³-hybridized carbons (Fsp3) is 0.444. The highest BCUT2D eigenvalue weighted by atomic mass is 32.1. The van der Waals surface area contributed by atoms with E-state index in [1.807, 2.05) is 6.92 Å². The molecule has 0 atom stereocenters. The van der Waals surface area contributed by atoms with Gasteiger partial charge in [0, 0.05) is 18.5 Å². The second kappa shape index (κ2) is 5.11. The van der Waals surface area contributed by atoms with Gasteiger partial charge < -0.3 is 20.2 Å². The maximum atomic E-state index is 11.0. The molecule has 0 aromatic carbocycles. The highest BCUT2D eigenvalue weighted by Crippen LogP contribution is 2.27. The van der Waals surface area contributed by atoms with Crippen molar-refractivity contribution in [3.63, 3.8) is 0 Å². The standard InChI is InChI=1S/C9H12N4O3S/c1-2-16-5-3-10-7-8(13(14)15)12-4-6-17-9(12)11-7/h4,6,10H,2-3,5H2,1H3. The second-order valence-electron chi connectivity index (χ2n) is 3.22. The summed E-state index contributed by atoms with van der Waals surface area (Å²) in [6.07, 6.45) is 1.64. The maximum absolute atomic E-state index is 11.0. The number of anilines is 1. The van der Waals surface area contributed by atoms with Gasteiger partial charge in [-0.25, -0.2) is 0 Å². The Morgan fingerprint density at radius 1 is 1.71 bits per heavy atom. The molecule has 0 spiro atoms. The van der Waals surface area contributed by atoms with Crippen molar-refractivity contribution in [2.75, 3.05) is 25.1 Å². The highest BCUT2D eigenvalue weighted by Gasteiger charge is 2.22. The van der Waals surface area contributed by atoms with Crippen molar-refractivity contribution in [3.05, 3.63) is 21.7 Å². The Morgan fingerprint density at radius 3 is 3.24 bits per heavy atom. The topological polar surface area (TPSA) is 81.7 Å². The average molecular weight is 256 g/mol. The summed E-state index contributed by atoms with van der Waals surface area (Å²) in [6, 6.07) is 0. The number of nitrogens with zero attached hydrogens (tertiary/aromatic N) is 3. The molecule has 2 rings (SSSR count). The van der Waals surface area contributed by atoms with E-state index < -0.39 is 4.92 Å². The van der Waals surface area contributed by atoms with Gasteiger partial charge in [-0.05, 0) is 11.8 Å². The van der Waals surface area contributed by atoms with Gasteiger partial charge in [-0.2, -0.15) is 9.38 Å². The molecule has 1 N–H and O–H groups in total. The molecule has 92 valence electrons. The molecule has 0 saturated carbocycles. The zero-order valence-electron chi connectivity index (χ0n) is 9.25. The number of nitro groups is 1. The Labute approximate surface area is 101 Å². The number of imidazole rings is 1. The normalized spacial score (nSPS) is 10.9. The molecular weight excluding hydrogens is 244 g/mol. The van der Waals surface area contributed by atoms with E-state index >= 15 is 0 Å². The summed E-state index contributed by atoms with van der Waals surface area (Å²) in [7, 11) is 0. The first-order valence-corrected chi connectivity index (χ1v) is 6.03. The van der Waals surface area contributed by atoms with Crippen LogP contribution in [0, 0.1) is 10.1 Å². The number of nitrogens with one attached hydrogen (secondary N) is 1. The summed E-state index contributed by atoms with van der Waals surface area (Å²) in [5.74, 6) is 0.263. The molecule has 0 bridgehead atoms. The minimum absolute atomic E-state index is 0.0299. The van der Waals surface area contributed by atoms with E-state index in [0.29, 0.717) is 30.5 Å². The van der Waals surface area contributed by atoms with Gasteiger partial charge in [-0.15, -0.1) is 0 Å². The monoisotopic (exact) mass is 256 g/mol. The lowest BCUT2D eigenvalue weighted by Crippen LogP contribution is -2.10. The molecule has 0 radical (unpaired) electrons. The average Bonchev–Trinajstić information content (AvgIpc) is 2.83. The van der Waals surface area contributed by atoms with E-state index in [2.05, 4.69) is 10.3 Å². The van der Waals surface area contributed by atoms with Crippen LogP contribution in [0.15, 0.2) is 11.6 Å². The van der Waals surface area contributed by atoms with Gasteiger partial charge in [0.05, 0.1) is 6.61 Å². The predicted octanol–water partition coefficient (Wildman–Crippen LogP) is 1.75. The molecule has 0 aliphatic rings. The van der Waals surface area contributed by atoms with Crippen molar-refractivity contribution < 1.29 is 9.66 Å². The zero-order valence-corrected chi connectivity index (χ0v) is 10.1. The molecule has 8 heteroatoms.